The number of ketones is 1. The van der Waals surface area contributed by atoms with Crippen LogP contribution in [0.25, 0.3) is 6.08 Å². The van der Waals surface area contributed by atoms with E-state index in [4.69, 9.17) is 14.2 Å². The number of carbonyl (C=O) groups is 3. The van der Waals surface area contributed by atoms with Crippen molar-refractivity contribution in [3.8, 4) is 17.2 Å². The minimum absolute atomic E-state index is 0.0407. The van der Waals surface area contributed by atoms with Crippen LogP contribution in [0.5, 0.6) is 17.2 Å². The van der Waals surface area contributed by atoms with Crippen LogP contribution in [0.2, 0.25) is 0 Å². The number of benzene rings is 1. The van der Waals surface area contributed by atoms with E-state index in [0.717, 1.165) is 30.3 Å². The van der Waals surface area contributed by atoms with Crippen LogP contribution < -0.4 is 9.47 Å². The summed E-state index contributed by atoms with van der Waals surface area (Å²) in [4.78, 5) is 40.0. The number of phenolic OH excluding ortho intramolecular Hbond substituents is 1. The van der Waals surface area contributed by atoms with Crippen LogP contribution in [-0.4, -0.2) is 66.7 Å². The first-order valence-electron chi connectivity index (χ1n) is 29.7. The number of aliphatic carboxylic acids is 2. The lowest BCUT2D eigenvalue weighted by molar-refractivity contribution is -0.184. The van der Waals surface area contributed by atoms with Gasteiger partial charge in [-0.05, 0) is 217 Å². The Morgan fingerprint density at radius 3 is 2.08 bits per heavy atom. The average molecular weight is 1070 g/mol. The van der Waals surface area contributed by atoms with Crippen molar-refractivity contribution >= 4 is 23.8 Å². The molecule has 10 nitrogen and oxygen atoms in total. The molecular formula is C68H96O10. The zero-order valence-electron chi connectivity index (χ0n) is 50.5. The maximum Gasteiger partial charge on any atom is 0.340 e. The molecule has 0 amide bonds. The molecule has 3 fully saturated rings. The molecule has 3 heterocycles. The van der Waals surface area contributed by atoms with Crippen LogP contribution in [0.15, 0.2) is 75.5 Å². The Hall–Kier alpha value is -4.67. The number of aliphatic hydroxyl groups is 1. The molecule has 9 rings (SSSR count). The Labute approximate surface area is 467 Å². The Morgan fingerprint density at radius 2 is 1.44 bits per heavy atom. The van der Waals surface area contributed by atoms with Crippen molar-refractivity contribution in [1.82, 2.24) is 0 Å². The number of phenols is 1. The molecule has 1 spiro atoms. The molecule has 1 saturated heterocycles. The molecule has 78 heavy (non-hydrogen) atoms. The molecule has 8 aliphatic rings. The van der Waals surface area contributed by atoms with Crippen molar-refractivity contribution in [2.45, 2.75) is 242 Å². The Balaban J connectivity index is 0.000000224. The largest absolute Gasteiger partial charge is 0.506 e. The molecule has 3 aliphatic heterocycles. The standard InChI is InChI=1S/C38H46O9.C30H50O/c1-21(2)11-10-18-36(8)19-17-24-29(39)28-30(40)26-12-9-13-27-35(6,7)47-37(34(43)44,20-16-23(5)33(41)42)38(26,27)46-32(28)25(31(24)45-36)15-14-22(3)4;1-20(2)10-9-11-21(3)22-14-18-30(8)24-12-13-25-27(4,5)26(31)16-17-28(25,6)23(24)15-19-29(22,30)7/h11-12,14,16-17,19,27,39H,9-10,13,15,18,20H2,1-8H3,(H,41,42)(H,43,44);10,21-22,25-26,31H,9,11-19H2,1-8H3. The second-order valence-electron chi connectivity index (χ2n) is 28.0. The van der Waals surface area contributed by atoms with Gasteiger partial charge in [-0.15, -0.1) is 0 Å². The SMILES string of the molecule is CC(C)=CCCC(C)C1CCC2(C)C3=C(CCC12C)C1(C)CCC(O)C(C)(C)C1CC3.CC(C)=CCCC1(C)C=Cc2c(O)c3c(c(CC=C(C)C)c2O1)OC12C(=CCCC1C(C)(C)OC2(CC=C(C)C(=O)O)C(=O)O)C3=O. The van der Waals surface area contributed by atoms with Crippen LogP contribution in [-0.2, 0) is 20.7 Å². The van der Waals surface area contributed by atoms with Crippen molar-refractivity contribution in [3.63, 3.8) is 0 Å². The summed E-state index contributed by atoms with van der Waals surface area (Å²) in [6.45, 7) is 34.5. The van der Waals surface area contributed by atoms with Gasteiger partial charge >= 0.3 is 11.9 Å². The van der Waals surface area contributed by atoms with E-state index >= 15 is 0 Å². The third-order valence-electron chi connectivity index (χ3n) is 21.7. The molecule has 2 saturated carbocycles. The predicted molar refractivity (Wildman–Crippen MR) is 311 cm³/mol. The maximum atomic E-state index is 14.7. The van der Waals surface area contributed by atoms with Gasteiger partial charge in [0.1, 0.15) is 28.4 Å². The smallest absolute Gasteiger partial charge is 0.340 e. The van der Waals surface area contributed by atoms with E-state index in [2.05, 4.69) is 67.5 Å². The summed E-state index contributed by atoms with van der Waals surface area (Å²) in [6, 6.07) is 0. The fraction of sp³-hybridized carbons (Fsp3) is 0.662. The van der Waals surface area contributed by atoms with Gasteiger partial charge in [-0.1, -0.05) is 99.8 Å². The molecule has 10 heteroatoms. The van der Waals surface area contributed by atoms with Gasteiger partial charge in [0.2, 0.25) is 5.60 Å². The monoisotopic (exact) mass is 1070 g/mol. The third kappa shape index (κ3) is 9.54. The number of aliphatic hydroxyl groups excluding tert-OH is 1. The summed E-state index contributed by atoms with van der Waals surface area (Å²) < 4.78 is 20.2. The molecule has 0 aromatic heterocycles. The van der Waals surface area contributed by atoms with Crippen molar-refractivity contribution < 1.29 is 49.0 Å². The third-order valence-corrected chi connectivity index (χ3v) is 21.7. The summed E-state index contributed by atoms with van der Waals surface area (Å²) in [5, 5.41) is 43.2. The highest BCUT2D eigenvalue weighted by molar-refractivity contribution is 6.17. The van der Waals surface area contributed by atoms with E-state index in [1.807, 2.05) is 57.9 Å². The number of aromatic hydroxyl groups is 1. The number of Topliss-reactive ketones (excluding diaryl/α,β-unsaturated/α-hetero) is 1. The lowest BCUT2D eigenvalue weighted by Gasteiger charge is -2.62. The maximum absolute atomic E-state index is 14.7. The fourth-order valence-electron chi connectivity index (χ4n) is 17.1. The Bertz CT molecular complexity index is 2820. The molecule has 11 unspecified atom stereocenters. The summed E-state index contributed by atoms with van der Waals surface area (Å²) >= 11 is 0. The average Bonchev–Trinajstić information content (AvgIpc) is 3.94. The summed E-state index contributed by atoms with van der Waals surface area (Å²) in [5.74, 6) is -1.21. The zero-order chi connectivity index (χ0) is 57.5. The van der Waals surface area contributed by atoms with Crippen LogP contribution >= 0.6 is 0 Å². The van der Waals surface area contributed by atoms with E-state index in [9.17, 15) is 34.8 Å². The first-order chi connectivity index (χ1) is 36.3. The summed E-state index contributed by atoms with van der Waals surface area (Å²) in [5.41, 5.74) is 3.74. The Morgan fingerprint density at radius 1 is 0.769 bits per heavy atom. The number of carboxylic acid groups (broad SMARTS) is 2. The van der Waals surface area contributed by atoms with E-state index in [1.165, 1.54) is 81.9 Å². The van der Waals surface area contributed by atoms with Gasteiger partial charge < -0.3 is 34.6 Å². The number of ether oxygens (including phenoxy) is 3. The topological polar surface area (TPSA) is 160 Å². The first-order valence-corrected chi connectivity index (χ1v) is 29.7. The molecule has 0 bridgehead atoms. The summed E-state index contributed by atoms with van der Waals surface area (Å²) in [7, 11) is 0. The van der Waals surface area contributed by atoms with Gasteiger partial charge in [-0.2, -0.15) is 0 Å². The van der Waals surface area contributed by atoms with Gasteiger partial charge in [0.25, 0.3) is 0 Å². The van der Waals surface area contributed by atoms with E-state index in [-0.39, 0.29) is 46.1 Å². The molecule has 428 valence electrons. The Kier molecular flexibility index (Phi) is 16.0. The molecule has 1 aromatic carbocycles. The number of allylic oxidation sites excluding steroid dienone is 9. The quantitative estimate of drug-likeness (QED) is 0.111. The van der Waals surface area contributed by atoms with Gasteiger partial charge in [-0.25, -0.2) is 9.59 Å². The lowest BCUT2D eigenvalue weighted by Crippen LogP contribution is -2.66. The minimum atomic E-state index is -2.16. The number of carboxylic acids is 2. The number of hydrogen-bond donors (Lipinski definition) is 4. The van der Waals surface area contributed by atoms with E-state index < -0.39 is 46.0 Å². The van der Waals surface area contributed by atoms with Gasteiger partial charge in [0, 0.05) is 29.0 Å². The molecule has 0 radical (unpaired) electrons. The number of rotatable bonds is 13. The van der Waals surface area contributed by atoms with Crippen LogP contribution in [0, 0.1) is 45.3 Å². The number of hydrogen-bond acceptors (Lipinski definition) is 8. The van der Waals surface area contributed by atoms with Crippen LogP contribution in [0.1, 0.15) is 229 Å². The molecular weight excluding hydrogens is 977 g/mol. The molecule has 4 N–H and O–H groups in total. The van der Waals surface area contributed by atoms with Gasteiger partial charge in [0.05, 0.1) is 17.3 Å². The molecule has 1 aromatic rings. The zero-order valence-corrected chi connectivity index (χ0v) is 50.5. The second kappa shape index (κ2) is 21.0. The first kappa shape index (κ1) is 59.5. The fourth-order valence-corrected chi connectivity index (χ4v) is 17.1. The van der Waals surface area contributed by atoms with Crippen molar-refractivity contribution in [2.75, 3.05) is 0 Å². The second-order valence-corrected chi connectivity index (χ2v) is 28.0. The van der Waals surface area contributed by atoms with Crippen molar-refractivity contribution in [3.05, 3.63) is 92.2 Å². The normalized spacial score (nSPS) is 35.0. The highest BCUT2D eigenvalue weighted by Crippen LogP contribution is 2.73. The van der Waals surface area contributed by atoms with Gasteiger partial charge in [0.15, 0.2) is 11.4 Å². The van der Waals surface area contributed by atoms with Crippen LogP contribution in [0.3, 0.4) is 0 Å². The highest BCUT2D eigenvalue weighted by Gasteiger charge is 2.77. The highest BCUT2D eigenvalue weighted by atomic mass is 16.6. The molecule has 11 atom stereocenters. The minimum Gasteiger partial charge on any atom is -0.506 e. The number of carbonyl (C=O) groups excluding carboxylic acids is 1. The molecule has 5 aliphatic carbocycles. The number of fused-ring (bicyclic) bond motifs is 6. The van der Waals surface area contributed by atoms with Gasteiger partial charge in [-0.3, -0.25) is 4.79 Å². The lowest BCUT2D eigenvalue weighted by atomic mass is 9.43. The predicted octanol–water partition coefficient (Wildman–Crippen LogP) is 16.0. The van der Waals surface area contributed by atoms with E-state index in [0.29, 0.717) is 64.7 Å². The van der Waals surface area contributed by atoms with Crippen molar-refractivity contribution in [2.24, 2.45) is 45.3 Å². The van der Waals surface area contributed by atoms with Crippen LogP contribution in [0.4, 0.5) is 0 Å². The van der Waals surface area contributed by atoms with Crippen molar-refractivity contribution in [1.29, 1.82) is 0 Å². The van der Waals surface area contributed by atoms with E-state index in [1.54, 1.807) is 26.0 Å². The summed E-state index contributed by atoms with van der Waals surface area (Å²) in [6.07, 6.45) is 28.3.